The summed E-state index contributed by atoms with van der Waals surface area (Å²) in [6.45, 7) is 0. The molecule has 0 spiro atoms. The van der Waals surface area contributed by atoms with Gasteiger partial charge in [-0.3, -0.25) is 4.79 Å². The Balaban J connectivity index is 2.56. The Morgan fingerprint density at radius 3 is 2.40 bits per heavy atom. The van der Waals surface area contributed by atoms with Crippen molar-refractivity contribution in [2.45, 2.75) is 25.2 Å². The summed E-state index contributed by atoms with van der Waals surface area (Å²) in [5, 5.41) is 8.34. The Labute approximate surface area is 86.5 Å². The number of aliphatic carboxylic acids is 1. The lowest BCUT2D eigenvalue weighted by atomic mass is 10.0. The van der Waals surface area contributed by atoms with Crippen LogP contribution in [0.2, 0.25) is 0 Å². The van der Waals surface area contributed by atoms with Gasteiger partial charge in [-0.25, -0.2) is 8.78 Å². The highest BCUT2D eigenvalue weighted by molar-refractivity contribution is 5.66. The maximum absolute atomic E-state index is 13.4. The summed E-state index contributed by atoms with van der Waals surface area (Å²) in [6, 6.07) is 7.44. The molecule has 0 radical (unpaired) electrons. The molecule has 0 aromatic heterocycles. The molecule has 1 rings (SSSR count). The van der Waals surface area contributed by atoms with E-state index in [2.05, 4.69) is 0 Å². The quantitative estimate of drug-likeness (QED) is 0.817. The molecule has 0 saturated heterocycles. The smallest absolute Gasteiger partial charge is 0.303 e. The van der Waals surface area contributed by atoms with E-state index < -0.39 is 18.3 Å². The highest BCUT2D eigenvalue weighted by Crippen LogP contribution is 2.32. The van der Waals surface area contributed by atoms with Crippen molar-refractivity contribution in [3.05, 3.63) is 35.9 Å². The summed E-state index contributed by atoms with van der Waals surface area (Å²) < 4.78 is 26.8. The van der Waals surface area contributed by atoms with Gasteiger partial charge in [0.25, 0.3) is 5.92 Å². The minimum atomic E-state index is -2.93. The molecule has 0 aliphatic heterocycles. The third-order valence-electron chi connectivity index (χ3n) is 2.08. The second-order valence-corrected chi connectivity index (χ2v) is 3.32. The van der Waals surface area contributed by atoms with Gasteiger partial charge in [0.2, 0.25) is 0 Å². The Morgan fingerprint density at radius 2 is 1.87 bits per heavy atom. The molecule has 82 valence electrons. The molecule has 1 aromatic rings. The van der Waals surface area contributed by atoms with Gasteiger partial charge in [0.05, 0.1) is 0 Å². The molecule has 0 saturated carbocycles. The zero-order chi connectivity index (χ0) is 11.3. The number of alkyl halides is 2. The van der Waals surface area contributed by atoms with Gasteiger partial charge in [-0.2, -0.15) is 0 Å². The predicted molar refractivity (Wildman–Crippen MR) is 51.8 cm³/mol. The molecular weight excluding hydrogens is 202 g/mol. The molecule has 2 nitrogen and oxygen atoms in total. The fourth-order valence-electron chi connectivity index (χ4n) is 1.29. The SMILES string of the molecule is O=C(O)CCCC(F)(F)c1ccccc1. The topological polar surface area (TPSA) is 37.3 Å². The third kappa shape index (κ3) is 3.65. The molecule has 0 aliphatic carbocycles. The van der Waals surface area contributed by atoms with Crippen LogP contribution in [0.15, 0.2) is 30.3 Å². The van der Waals surface area contributed by atoms with Crippen molar-refractivity contribution >= 4 is 5.97 Å². The fraction of sp³-hybridized carbons (Fsp3) is 0.364. The van der Waals surface area contributed by atoms with Crippen LogP contribution >= 0.6 is 0 Å². The zero-order valence-corrected chi connectivity index (χ0v) is 8.12. The minimum absolute atomic E-state index is 0.0166. The largest absolute Gasteiger partial charge is 0.481 e. The van der Waals surface area contributed by atoms with E-state index in [4.69, 9.17) is 5.11 Å². The number of carboxylic acid groups (broad SMARTS) is 1. The van der Waals surface area contributed by atoms with Crippen LogP contribution in [0.1, 0.15) is 24.8 Å². The predicted octanol–water partition coefficient (Wildman–Crippen LogP) is 3.03. The molecule has 15 heavy (non-hydrogen) atoms. The first-order valence-electron chi connectivity index (χ1n) is 4.67. The third-order valence-corrected chi connectivity index (χ3v) is 2.08. The fourth-order valence-corrected chi connectivity index (χ4v) is 1.29. The first kappa shape index (κ1) is 11.6. The average Bonchev–Trinajstić information content (AvgIpc) is 2.18. The van der Waals surface area contributed by atoms with E-state index in [1.54, 1.807) is 18.2 Å². The van der Waals surface area contributed by atoms with Gasteiger partial charge < -0.3 is 5.11 Å². The second kappa shape index (κ2) is 4.87. The van der Waals surface area contributed by atoms with E-state index in [0.29, 0.717) is 0 Å². The lowest BCUT2D eigenvalue weighted by molar-refractivity contribution is -0.137. The number of halogens is 2. The highest BCUT2D eigenvalue weighted by Gasteiger charge is 2.30. The minimum Gasteiger partial charge on any atom is -0.481 e. The molecule has 0 amide bonds. The van der Waals surface area contributed by atoms with Gasteiger partial charge >= 0.3 is 5.97 Å². The summed E-state index contributed by atoms with van der Waals surface area (Å²) in [5.74, 6) is -3.98. The molecule has 0 unspecified atom stereocenters. The molecule has 0 heterocycles. The molecule has 1 aromatic carbocycles. The van der Waals surface area contributed by atoms with E-state index in [1.165, 1.54) is 12.1 Å². The standard InChI is InChI=1S/C11H12F2O2/c12-11(13,8-4-7-10(14)15)9-5-2-1-3-6-9/h1-3,5-6H,4,7-8H2,(H,14,15). The maximum atomic E-state index is 13.4. The Hall–Kier alpha value is -1.45. The molecule has 0 bridgehead atoms. The van der Waals surface area contributed by atoms with Gasteiger partial charge in [0.1, 0.15) is 0 Å². The van der Waals surface area contributed by atoms with Crippen LogP contribution in [-0.2, 0) is 10.7 Å². The van der Waals surface area contributed by atoms with Crippen LogP contribution in [0.25, 0.3) is 0 Å². The monoisotopic (exact) mass is 214 g/mol. The first-order valence-corrected chi connectivity index (χ1v) is 4.67. The van der Waals surface area contributed by atoms with Gasteiger partial charge in [0.15, 0.2) is 0 Å². The molecule has 0 atom stereocenters. The summed E-state index contributed by atoms with van der Waals surface area (Å²) in [6.07, 6.45) is -0.664. The van der Waals surface area contributed by atoms with Crippen molar-refractivity contribution in [1.29, 1.82) is 0 Å². The molecule has 1 N–H and O–H groups in total. The average molecular weight is 214 g/mol. The van der Waals surface area contributed by atoms with Crippen LogP contribution in [0.5, 0.6) is 0 Å². The highest BCUT2D eigenvalue weighted by atomic mass is 19.3. The van der Waals surface area contributed by atoms with Gasteiger partial charge in [-0.1, -0.05) is 30.3 Å². The molecular formula is C11H12F2O2. The van der Waals surface area contributed by atoms with Crippen molar-refractivity contribution in [2.75, 3.05) is 0 Å². The first-order chi connectivity index (χ1) is 7.02. The number of hydrogen-bond acceptors (Lipinski definition) is 1. The Kier molecular flexibility index (Phi) is 3.77. The zero-order valence-electron chi connectivity index (χ0n) is 8.12. The molecule has 4 heteroatoms. The number of hydrogen-bond donors (Lipinski definition) is 1. The van der Waals surface area contributed by atoms with Crippen LogP contribution < -0.4 is 0 Å². The van der Waals surface area contributed by atoms with E-state index >= 15 is 0 Å². The van der Waals surface area contributed by atoms with Gasteiger partial charge in [0, 0.05) is 18.4 Å². The lowest BCUT2D eigenvalue weighted by Crippen LogP contribution is -2.13. The summed E-state index contributed by atoms with van der Waals surface area (Å²) in [5.41, 5.74) is -0.0598. The van der Waals surface area contributed by atoms with Gasteiger partial charge in [-0.15, -0.1) is 0 Å². The van der Waals surface area contributed by atoms with Crippen molar-refractivity contribution < 1.29 is 18.7 Å². The van der Waals surface area contributed by atoms with Crippen LogP contribution in [0.4, 0.5) is 8.78 Å². The van der Waals surface area contributed by atoms with E-state index in [-0.39, 0.29) is 18.4 Å². The Bertz CT molecular complexity index is 323. The normalized spacial score (nSPS) is 11.3. The van der Waals surface area contributed by atoms with Crippen molar-refractivity contribution in [1.82, 2.24) is 0 Å². The lowest BCUT2D eigenvalue weighted by Gasteiger charge is -2.15. The number of rotatable bonds is 5. The maximum Gasteiger partial charge on any atom is 0.303 e. The summed E-state index contributed by atoms with van der Waals surface area (Å²) in [4.78, 5) is 10.2. The summed E-state index contributed by atoms with van der Waals surface area (Å²) >= 11 is 0. The van der Waals surface area contributed by atoms with Gasteiger partial charge in [-0.05, 0) is 6.42 Å². The van der Waals surface area contributed by atoms with E-state index in [0.717, 1.165) is 0 Å². The van der Waals surface area contributed by atoms with E-state index in [1.807, 2.05) is 0 Å². The summed E-state index contributed by atoms with van der Waals surface area (Å²) in [7, 11) is 0. The number of carboxylic acids is 1. The molecule has 0 aliphatic rings. The van der Waals surface area contributed by atoms with Crippen LogP contribution in [0, 0.1) is 0 Å². The van der Waals surface area contributed by atoms with Crippen molar-refractivity contribution in [3.63, 3.8) is 0 Å². The number of benzene rings is 1. The number of carbonyl (C=O) groups is 1. The van der Waals surface area contributed by atoms with Crippen LogP contribution in [-0.4, -0.2) is 11.1 Å². The van der Waals surface area contributed by atoms with Crippen molar-refractivity contribution in [2.24, 2.45) is 0 Å². The van der Waals surface area contributed by atoms with E-state index in [9.17, 15) is 13.6 Å². The Morgan fingerprint density at radius 1 is 1.27 bits per heavy atom. The van der Waals surface area contributed by atoms with Crippen LogP contribution in [0.3, 0.4) is 0 Å². The second-order valence-electron chi connectivity index (χ2n) is 3.32. The van der Waals surface area contributed by atoms with Crippen molar-refractivity contribution in [3.8, 4) is 0 Å². The molecule has 0 fully saturated rings.